The number of nitriles is 1. The Balaban J connectivity index is 1.44. The number of rotatable bonds is 7. The van der Waals surface area contributed by atoms with Crippen molar-refractivity contribution in [3.63, 3.8) is 0 Å². The van der Waals surface area contributed by atoms with E-state index in [1.54, 1.807) is 23.5 Å². The molecule has 162 valence electrons. The fraction of sp³-hybridized carbons (Fsp3) is 0.107. The predicted octanol–water partition coefficient (Wildman–Crippen LogP) is 6.26. The first-order valence-corrected chi connectivity index (χ1v) is 11.5. The molecule has 0 atom stereocenters. The van der Waals surface area contributed by atoms with E-state index in [2.05, 4.69) is 47.2 Å². The summed E-state index contributed by atoms with van der Waals surface area (Å²) in [5.41, 5.74) is 6.62. The van der Waals surface area contributed by atoms with Crippen molar-refractivity contribution < 1.29 is 5.11 Å². The Kier molecular flexibility index (Phi) is 7.21. The molecular formula is C28H23N3OS. The molecule has 0 unspecified atom stereocenters. The van der Waals surface area contributed by atoms with Gasteiger partial charge in [0.05, 0.1) is 23.0 Å². The molecule has 0 saturated heterocycles. The number of hydrogen-bond acceptors (Lipinski definition) is 5. The van der Waals surface area contributed by atoms with Crippen molar-refractivity contribution >= 4 is 35.6 Å². The number of pyridine rings is 2. The van der Waals surface area contributed by atoms with Crippen LogP contribution in [0.25, 0.3) is 35.4 Å². The summed E-state index contributed by atoms with van der Waals surface area (Å²) in [6.07, 6.45) is 12.5. The van der Waals surface area contributed by atoms with E-state index in [1.165, 1.54) is 4.88 Å². The Morgan fingerprint density at radius 3 is 2.42 bits per heavy atom. The number of aliphatic hydroxyl groups excluding tert-OH is 1. The molecule has 0 aliphatic heterocycles. The van der Waals surface area contributed by atoms with E-state index in [-0.39, 0.29) is 6.61 Å². The molecule has 0 bridgehead atoms. The molecule has 5 heteroatoms. The minimum Gasteiger partial charge on any atom is -0.396 e. The zero-order chi connectivity index (χ0) is 23.0. The highest BCUT2D eigenvalue weighted by Crippen LogP contribution is 2.23. The first kappa shape index (κ1) is 22.3. The molecule has 0 amide bonds. The van der Waals surface area contributed by atoms with Crippen LogP contribution in [0, 0.1) is 18.3 Å². The van der Waals surface area contributed by atoms with Crippen LogP contribution in [0.4, 0.5) is 0 Å². The van der Waals surface area contributed by atoms with Crippen molar-refractivity contribution in [2.75, 3.05) is 6.61 Å². The Labute approximate surface area is 197 Å². The first-order chi connectivity index (χ1) is 16.1. The fourth-order valence-corrected chi connectivity index (χ4v) is 4.24. The summed E-state index contributed by atoms with van der Waals surface area (Å²) >= 11 is 1.69. The molecule has 0 aliphatic rings. The third kappa shape index (κ3) is 5.89. The zero-order valence-electron chi connectivity index (χ0n) is 18.3. The lowest BCUT2D eigenvalue weighted by Crippen LogP contribution is -1.90. The summed E-state index contributed by atoms with van der Waals surface area (Å²) in [6, 6.07) is 19.9. The quantitative estimate of drug-likeness (QED) is 0.361. The van der Waals surface area contributed by atoms with Gasteiger partial charge in [0.15, 0.2) is 0 Å². The van der Waals surface area contributed by atoms with Gasteiger partial charge in [0.1, 0.15) is 0 Å². The molecule has 1 aromatic carbocycles. The van der Waals surface area contributed by atoms with Gasteiger partial charge < -0.3 is 5.11 Å². The first-order valence-electron chi connectivity index (χ1n) is 10.6. The molecule has 0 spiro atoms. The lowest BCUT2D eigenvalue weighted by Gasteiger charge is -2.05. The van der Waals surface area contributed by atoms with Gasteiger partial charge in [-0.25, -0.2) is 0 Å². The zero-order valence-corrected chi connectivity index (χ0v) is 19.1. The van der Waals surface area contributed by atoms with Gasteiger partial charge in [-0.05, 0) is 72.7 Å². The highest BCUT2D eigenvalue weighted by atomic mass is 32.1. The maximum absolute atomic E-state index is 9.06. The molecule has 1 N–H and O–H groups in total. The van der Waals surface area contributed by atoms with E-state index in [0.29, 0.717) is 12.0 Å². The van der Waals surface area contributed by atoms with E-state index < -0.39 is 0 Å². The van der Waals surface area contributed by atoms with E-state index in [1.807, 2.05) is 54.9 Å². The monoisotopic (exact) mass is 449 g/mol. The highest BCUT2D eigenvalue weighted by molar-refractivity contribution is 7.12. The summed E-state index contributed by atoms with van der Waals surface area (Å²) in [5.74, 6) is 0. The van der Waals surface area contributed by atoms with Gasteiger partial charge in [-0.2, -0.15) is 5.26 Å². The van der Waals surface area contributed by atoms with Crippen molar-refractivity contribution in [1.82, 2.24) is 9.97 Å². The standard InChI is InChI=1S/C28H23N3OS/c1-20-16-24(19-31-28(20)13-12-26-10-11-27(33-26)14-15-32)23-7-9-25(30-18-23)8-6-21-2-4-22(17-29)5-3-21/h2-13,16,18-19,32H,14-15H2,1H3/b8-6+,13-12+. The molecular weight excluding hydrogens is 426 g/mol. The maximum Gasteiger partial charge on any atom is 0.0991 e. The molecule has 0 aliphatic carbocycles. The van der Waals surface area contributed by atoms with Crippen LogP contribution in [0.15, 0.2) is 67.0 Å². The number of nitrogens with zero attached hydrogens (tertiary/aromatic N) is 3. The summed E-state index contributed by atoms with van der Waals surface area (Å²) in [7, 11) is 0. The van der Waals surface area contributed by atoms with Gasteiger partial charge in [-0.15, -0.1) is 11.3 Å². The Hall–Kier alpha value is -3.85. The largest absolute Gasteiger partial charge is 0.396 e. The second kappa shape index (κ2) is 10.6. The van der Waals surface area contributed by atoms with Gasteiger partial charge in [-0.1, -0.05) is 24.3 Å². The van der Waals surface area contributed by atoms with E-state index >= 15 is 0 Å². The number of aryl methyl sites for hydroxylation is 1. The van der Waals surface area contributed by atoms with Crippen LogP contribution in [-0.2, 0) is 6.42 Å². The minimum absolute atomic E-state index is 0.176. The predicted molar refractivity (Wildman–Crippen MR) is 136 cm³/mol. The molecule has 4 rings (SSSR count). The molecule has 33 heavy (non-hydrogen) atoms. The topological polar surface area (TPSA) is 69.8 Å². The second-order valence-electron chi connectivity index (χ2n) is 7.58. The van der Waals surface area contributed by atoms with E-state index in [9.17, 15) is 0 Å². The van der Waals surface area contributed by atoms with Crippen molar-refractivity contribution in [3.05, 3.63) is 105 Å². The van der Waals surface area contributed by atoms with Crippen molar-refractivity contribution in [3.8, 4) is 17.2 Å². The van der Waals surface area contributed by atoms with Gasteiger partial charge in [0.25, 0.3) is 0 Å². The van der Waals surface area contributed by atoms with E-state index in [0.717, 1.165) is 38.5 Å². The average molecular weight is 450 g/mol. The van der Waals surface area contributed by atoms with Crippen LogP contribution < -0.4 is 0 Å². The SMILES string of the molecule is Cc1cc(-c2ccc(/C=C/c3ccc(C#N)cc3)nc2)cnc1/C=C/c1ccc(CCO)s1. The Morgan fingerprint density at radius 2 is 1.73 bits per heavy atom. The summed E-state index contributed by atoms with van der Waals surface area (Å²) in [4.78, 5) is 11.5. The van der Waals surface area contributed by atoms with Crippen LogP contribution in [0.3, 0.4) is 0 Å². The van der Waals surface area contributed by atoms with Crippen LogP contribution in [0.5, 0.6) is 0 Å². The lowest BCUT2D eigenvalue weighted by atomic mass is 10.1. The number of benzene rings is 1. The van der Waals surface area contributed by atoms with E-state index in [4.69, 9.17) is 10.4 Å². The fourth-order valence-electron chi connectivity index (χ4n) is 3.33. The smallest absolute Gasteiger partial charge is 0.0991 e. The van der Waals surface area contributed by atoms with Crippen LogP contribution in [0.1, 0.15) is 37.8 Å². The van der Waals surface area contributed by atoms with Crippen LogP contribution in [0.2, 0.25) is 0 Å². The average Bonchev–Trinajstić information content (AvgIpc) is 3.30. The lowest BCUT2D eigenvalue weighted by molar-refractivity contribution is 0.300. The normalized spacial score (nSPS) is 11.3. The maximum atomic E-state index is 9.06. The second-order valence-corrected chi connectivity index (χ2v) is 8.78. The van der Waals surface area contributed by atoms with Gasteiger partial charge in [0, 0.05) is 46.3 Å². The number of thiophene rings is 1. The summed E-state index contributed by atoms with van der Waals surface area (Å²) < 4.78 is 0. The van der Waals surface area contributed by atoms with Crippen molar-refractivity contribution in [2.24, 2.45) is 0 Å². The summed E-state index contributed by atoms with van der Waals surface area (Å²) in [6.45, 7) is 2.24. The highest BCUT2D eigenvalue weighted by Gasteiger charge is 2.04. The molecule has 0 fully saturated rings. The molecule has 3 heterocycles. The van der Waals surface area contributed by atoms with Crippen LogP contribution in [-0.4, -0.2) is 21.7 Å². The minimum atomic E-state index is 0.176. The number of hydrogen-bond donors (Lipinski definition) is 1. The Morgan fingerprint density at radius 1 is 0.909 bits per heavy atom. The summed E-state index contributed by atoms with van der Waals surface area (Å²) in [5, 5.41) is 17.9. The third-order valence-electron chi connectivity index (χ3n) is 5.17. The van der Waals surface area contributed by atoms with Gasteiger partial charge in [0.2, 0.25) is 0 Å². The molecule has 4 nitrogen and oxygen atoms in total. The van der Waals surface area contributed by atoms with Crippen molar-refractivity contribution in [1.29, 1.82) is 5.26 Å². The number of aliphatic hydroxyl groups is 1. The Bertz CT molecular complexity index is 1330. The third-order valence-corrected chi connectivity index (χ3v) is 6.28. The van der Waals surface area contributed by atoms with Gasteiger partial charge >= 0.3 is 0 Å². The van der Waals surface area contributed by atoms with Crippen molar-refractivity contribution in [2.45, 2.75) is 13.3 Å². The molecule has 0 saturated carbocycles. The molecule has 0 radical (unpaired) electrons. The van der Waals surface area contributed by atoms with Crippen LogP contribution >= 0.6 is 11.3 Å². The number of aromatic nitrogens is 2. The molecule has 4 aromatic rings. The molecule has 3 aromatic heterocycles. The van der Waals surface area contributed by atoms with Gasteiger partial charge in [-0.3, -0.25) is 9.97 Å².